The number of carbonyl (C=O) groups excluding carboxylic acids is 1. The quantitative estimate of drug-likeness (QED) is 0.765. The fourth-order valence-electron chi connectivity index (χ4n) is 2.42. The van der Waals surface area contributed by atoms with Crippen LogP contribution in [-0.2, 0) is 11.2 Å². The molecular weight excluding hydrogens is 256 g/mol. The first-order valence-electron chi connectivity index (χ1n) is 7.36. The van der Waals surface area contributed by atoms with Crippen molar-refractivity contribution in [3.05, 3.63) is 18.0 Å². The highest BCUT2D eigenvalue weighted by atomic mass is 32.2. The standard InChI is InChI=1S/C15H24N2OS/c1-3-12(2)17-9-8-13(16-17)10-14(18)11-19-15-6-4-5-7-15/h8-9,12,15H,3-7,10-11H2,1-2H3. The lowest BCUT2D eigenvalue weighted by Crippen LogP contribution is -2.10. The van der Waals surface area contributed by atoms with Crippen molar-refractivity contribution in [2.45, 2.75) is 63.7 Å². The molecule has 1 heterocycles. The first kappa shape index (κ1) is 14.6. The normalized spacial score (nSPS) is 17.8. The molecule has 19 heavy (non-hydrogen) atoms. The van der Waals surface area contributed by atoms with Crippen molar-refractivity contribution in [1.29, 1.82) is 0 Å². The van der Waals surface area contributed by atoms with Gasteiger partial charge in [0.05, 0.1) is 17.9 Å². The average molecular weight is 280 g/mol. The van der Waals surface area contributed by atoms with E-state index < -0.39 is 0 Å². The number of aromatic nitrogens is 2. The summed E-state index contributed by atoms with van der Waals surface area (Å²) in [7, 11) is 0. The van der Waals surface area contributed by atoms with Gasteiger partial charge in [0, 0.05) is 17.5 Å². The average Bonchev–Trinajstić information content (AvgIpc) is 3.06. The summed E-state index contributed by atoms with van der Waals surface area (Å²) in [5, 5.41) is 5.21. The number of carbonyl (C=O) groups is 1. The Morgan fingerprint density at radius 3 is 2.95 bits per heavy atom. The van der Waals surface area contributed by atoms with E-state index in [2.05, 4.69) is 18.9 Å². The summed E-state index contributed by atoms with van der Waals surface area (Å²) in [6, 6.07) is 2.39. The Morgan fingerprint density at radius 2 is 2.26 bits per heavy atom. The van der Waals surface area contributed by atoms with Crippen molar-refractivity contribution in [1.82, 2.24) is 9.78 Å². The maximum absolute atomic E-state index is 11.9. The zero-order valence-corrected chi connectivity index (χ0v) is 12.8. The second kappa shape index (κ2) is 7.13. The maximum atomic E-state index is 11.9. The molecule has 0 N–H and O–H groups in total. The van der Waals surface area contributed by atoms with Crippen molar-refractivity contribution in [2.24, 2.45) is 0 Å². The van der Waals surface area contributed by atoms with Gasteiger partial charge in [-0.3, -0.25) is 9.48 Å². The summed E-state index contributed by atoms with van der Waals surface area (Å²) in [5.41, 5.74) is 0.914. The molecule has 1 aromatic rings. The Balaban J connectivity index is 1.76. The molecule has 106 valence electrons. The van der Waals surface area contributed by atoms with Gasteiger partial charge in [0.1, 0.15) is 5.78 Å². The molecule has 1 unspecified atom stereocenters. The van der Waals surface area contributed by atoms with E-state index in [-0.39, 0.29) is 0 Å². The highest BCUT2D eigenvalue weighted by Gasteiger charge is 2.17. The number of Topliss-reactive ketones (excluding diaryl/α,β-unsaturated/α-hetero) is 1. The molecule has 1 aliphatic carbocycles. The van der Waals surface area contributed by atoms with Crippen LogP contribution in [0.3, 0.4) is 0 Å². The van der Waals surface area contributed by atoms with Gasteiger partial charge in [-0.2, -0.15) is 16.9 Å². The van der Waals surface area contributed by atoms with Crippen LogP contribution in [0.5, 0.6) is 0 Å². The van der Waals surface area contributed by atoms with Gasteiger partial charge in [0.2, 0.25) is 0 Å². The smallest absolute Gasteiger partial charge is 0.148 e. The van der Waals surface area contributed by atoms with Crippen molar-refractivity contribution in [3.8, 4) is 0 Å². The Hall–Kier alpha value is -0.770. The van der Waals surface area contributed by atoms with Gasteiger partial charge in [-0.25, -0.2) is 0 Å². The number of rotatable bonds is 7. The first-order chi connectivity index (χ1) is 9.19. The van der Waals surface area contributed by atoms with E-state index in [0.717, 1.165) is 17.4 Å². The summed E-state index contributed by atoms with van der Waals surface area (Å²) in [6.45, 7) is 4.30. The zero-order valence-electron chi connectivity index (χ0n) is 12.0. The highest BCUT2D eigenvalue weighted by molar-refractivity contribution is 8.00. The van der Waals surface area contributed by atoms with Crippen LogP contribution in [0.25, 0.3) is 0 Å². The zero-order chi connectivity index (χ0) is 13.7. The first-order valence-corrected chi connectivity index (χ1v) is 8.41. The third kappa shape index (κ3) is 4.37. The number of thioether (sulfide) groups is 1. The number of nitrogens with zero attached hydrogens (tertiary/aromatic N) is 2. The molecule has 1 fully saturated rings. The summed E-state index contributed by atoms with van der Waals surface area (Å²) in [6.07, 6.45) is 8.80. The van der Waals surface area contributed by atoms with Crippen molar-refractivity contribution >= 4 is 17.5 Å². The van der Waals surface area contributed by atoms with E-state index >= 15 is 0 Å². The highest BCUT2D eigenvalue weighted by Crippen LogP contribution is 2.29. The second-order valence-electron chi connectivity index (χ2n) is 5.48. The van der Waals surface area contributed by atoms with E-state index in [1.807, 2.05) is 28.7 Å². The topological polar surface area (TPSA) is 34.9 Å². The Labute approximate surface area is 120 Å². The summed E-state index contributed by atoms with van der Waals surface area (Å²) >= 11 is 1.84. The minimum atomic E-state index is 0.311. The predicted molar refractivity (Wildman–Crippen MR) is 80.7 cm³/mol. The van der Waals surface area contributed by atoms with Gasteiger partial charge in [-0.1, -0.05) is 19.8 Å². The van der Waals surface area contributed by atoms with Gasteiger partial charge in [-0.05, 0) is 32.3 Å². The molecule has 0 radical (unpaired) electrons. The number of hydrogen-bond donors (Lipinski definition) is 0. The molecule has 1 atom stereocenters. The van der Waals surface area contributed by atoms with Gasteiger partial charge in [-0.15, -0.1) is 0 Å². The maximum Gasteiger partial charge on any atom is 0.148 e. The van der Waals surface area contributed by atoms with Crippen LogP contribution in [0.2, 0.25) is 0 Å². The summed E-state index contributed by atoms with van der Waals surface area (Å²) in [4.78, 5) is 11.9. The molecule has 0 aliphatic heterocycles. The third-order valence-corrected chi connectivity index (χ3v) is 5.30. The van der Waals surface area contributed by atoms with Crippen LogP contribution in [0, 0.1) is 0 Å². The molecule has 0 bridgehead atoms. The van der Waals surface area contributed by atoms with Crippen LogP contribution in [0.15, 0.2) is 12.3 Å². The number of ketones is 1. The van der Waals surface area contributed by atoms with Crippen molar-refractivity contribution < 1.29 is 4.79 Å². The molecule has 0 saturated heterocycles. The van der Waals surface area contributed by atoms with Gasteiger partial charge in [0.25, 0.3) is 0 Å². The van der Waals surface area contributed by atoms with Crippen LogP contribution in [0.1, 0.15) is 57.7 Å². The van der Waals surface area contributed by atoms with Gasteiger partial charge >= 0.3 is 0 Å². The van der Waals surface area contributed by atoms with E-state index in [1.54, 1.807) is 0 Å². The van der Waals surface area contributed by atoms with Crippen molar-refractivity contribution in [2.75, 3.05) is 5.75 Å². The van der Waals surface area contributed by atoms with Gasteiger partial charge in [0.15, 0.2) is 0 Å². The molecule has 1 aromatic heterocycles. The van der Waals surface area contributed by atoms with E-state index in [1.165, 1.54) is 25.7 Å². The minimum Gasteiger partial charge on any atom is -0.298 e. The van der Waals surface area contributed by atoms with Crippen LogP contribution in [0.4, 0.5) is 0 Å². The minimum absolute atomic E-state index is 0.311. The Kier molecular flexibility index (Phi) is 5.49. The predicted octanol–water partition coefficient (Wildman–Crippen LogP) is 3.64. The molecule has 2 rings (SSSR count). The molecule has 0 amide bonds. The van der Waals surface area contributed by atoms with E-state index in [9.17, 15) is 4.79 Å². The Morgan fingerprint density at radius 1 is 1.53 bits per heavy atom. The summed E-state index contributed by atoms with van der Waals surface area (Å²) in [5.74, 6) is 0.965. The molecular formula is C15H24N2OS. The lowest BCUT2D eigenvalue weighted by atomic mass is 10.2. The van der Waals surface area contributed by atoms with Crippen LogP contribution < -0.4 is 0 Å². The van der Waals surface area contributed by atoms with Crippen LogP contribution >= 0.6 is 11.8 Å². The third-order valence-electron chi connectivity index (χ3n) is 3.87. The van der Waals surface area contributed by atoms with Gasteiger partial charge < -0.3 is 0 Å². The molecule has 4 heteroatoms. The number of hydrogen-bond acceptors (Lipinski definition) is 3. The monoisotopic (exact) mass is 280 g/mol. The molecule has 0 spiro atoms. The molecule has 1 saturated carbocycles. The fraction of sp³-hybridized carbons (Fsp3) is 0.733. The molecule has 3 nitrogen and oxygen atoms in total. The van der Waals surface area contributed by atoms with E-state index in [4.69, 9.17) is 0 Å². The SMILES string of the molecule is CCC(C)n1ccc(CC(=O)CSC2CCCC2)n1. The summed E-state index contributed by atoms with van der Waals surface area (Å²) < 4.78 is 1.97. The van der Waals surface area contributed by atoms with E-state index in [0.29, 0.717) is 24.0 Å². The lowest BCUT2D eigenvalue weighted by Gasteiger charge is -2.08. The second-order valence-corrected chi connectivity index (χ2v) is 6.77. The fourth-order valence-corrected chi connectivity index (χ4v) is 3.61. The molecule has 1 aliphatic rings. The lowest BCUT2D eigenvalue weighted by molar-refractivity contribution is -0.116. The molecule has 0 aromatic carbocycles. The van der Waals surface area contributed by atoms with Crippen molar-refractivity contribution in [3.63, 3.8) is 0 Å². The Bertz CT molecular complexity index is 410. The van der Waals surface area contributed by atoms with Crippen LogP contribution in [-0.4, -0.2) is 26.6 Å². The largest absolute Gasteiger partial charge is 0.298 e.